The normalized spacial score (nSPS) is 12.1. The number of amides is 1. The fraction of sp³-hybridized carbons (Fsp3) is 0.333. The molecule has 0 aliphatic heterocycles. The Kier molecular flexibility index (Phi) is 5.24. The van der Waals surface area contributed by atoms with Gasteiger partial charge in [0.1, 0.15) is 5.76 Å². The maximum absolute atomic E-state index is 12.0. The van der Waals surface area contributed by atoms with Crippen molar-refractivity contribution in [1.29, 1.82) is 0 Å². The molecule has 0 radical (unpaired) electrons. The largest absolute Gasteiger partial charge is 0.361 e. The van der Waals surface area contributed by atoms with Gasteiger partial charge >= 0.3 is 0 Å². The molecule has 1 aromatic heterocycles. The van der Waals surface area contributed by atoms with E-state index in [0.29, 0.717) is 12.3 Å². The standard InChI is InChI=1S/C15H18N2O2S/c1-11-8-14(17-19-11)10-20-12(2)15(18)16-9-13-6-4-3-5-7-13/h3-8,12H,9-10H2,1-2H3,(H,16,18). The quantitative estimate of drug-likeness (QED) is 0.888. The van der Waals surface area contributed by atoms with Crippen LogP contribution in [-0.2, 0) is 17.1 Å². The first-order chi connectivity index (χ1) is 9.65. The van der Waals surface area contributed by atoms with E-state index in [0.717, 1.165) is 17.0 Å². The van der Waals surface area contributed by atoms with Crippen molar-refractivity contribution in [1.82, 2.24) is 10.5 Å². The predicted molar refractivity (Wildman–Crippen MR) is 80.3 cm³/mol. The van der Waals surface area contributed by atoms with Gasteiger partial charge in [-0.3, -0.25) is 4.79 Å². The lowest BCUT2D eigenvalue weighted by atomic mass is 10.2. The second-order valence-electron chi connectivity index (χ2n) is 4.59. The molecule has 0 spiro atoms. The Labute approximate surface area is 122 Å². The number of benzene rings is 1. The Balaban J connectivity index is 1.74. The topological polar surface area (TPSA) is 55.1 Å². The van der Waals surface area contributed by atoms with Crippen LogP contribution >= 0.6 is 11.8 Å². The zero-order valence-corrected chi connectivity index (χ0v) is 12.4. The summed E-state index contributed by atoms with van der Waals surface area (Å²) in [6, 6.07) is 11.8. The van der Waals surface area contributed by atoms with Crippen LogP contribution < -0.4 is 5.32 Å². The molecule has 0 fully saturated rings. The third kappa shape index (κ3) is 4.42. The first-order valence-electron chi connectivity index (χ1n) is 6.50. The molecule has 0 aliphatic carbocycles. The van der Waals surface area contributed by atoms with Gasteiger partial charge in [0, 0.05) is 18.4 Å². The van der Waals surface area contributed by atoms with Gasteiger partial charge in [0.15, 0.2) is 0 Å². The van der Waals surface area contributed by atoms with E-state index in [1.54, 1.807) is 11.8 Å². The molecule has 0 saturated carbocycles. The highest BCUT2D eigenvalue weighted by Gasteiger charge is 2.14. The van der Waals surface area contributed by atoms with Gasteiger partial charge < -0.3 is 9.84 Å². The van der Waals surface area contributed by atoms with Crippen molar-refractivity contribution in [2.75, 3.05) is 0 Å². The Morgan fingerprint density at radius 3 is 2.80 bits per heavy atom. The monoisotopic (exact) mass is 290 g/mol. The van der Waals surface area contributed by atoms with Crippen molar-refractivity contribution in [3.63, 3.8) is 0 Å². The Morgan fingerprint density at radius 2 is 2.15 bits per heavy atom. The third-order valence-electron chi connectivity index (χ3n) is 2.84. The van der Waals surface area contributed by atoms with Crippen LogP contribution in [0.3, 0.4) is 0 Å². The number of rotatable bonds is 6. The fourth-order valence-electron chi connectivity index (χ4n) is 1.70. The van der Waals surface area contributed by atoms with Gasteiger partial charge in [-0.25, -0.2) is 0 Å². The Hall–Kier alpha value is -1.75. The molecule has 106 valence electrons. The maximum Gasteiger partial charge on any atom is 0.233 e. The minimum Gasteiger partial charge on any atom is -0.361 e. The first-order valence-corrected chi connectivity index (χ1v) is 7.55. The molecule has 0 bridgehead atoms. The fourth-order valence-corrected chi connectivity index (χ4v) is 2.49. The van der Waals surface area contributed by atoms with Crippen molar-refractivity contribution in [3.8, 4) is 0 Å². The number of carbonyl (C=O) groups excluding carboxylic acids is 1. The molecule has 2 aromatic rings. The molecule has 1 aromatic carbocycles. The lowest BCUT2D eigenvalue weighted by Crippen LogP contribution is -2.30. The van der Waals surface area contributed by atoms with Crippen LogP contribution in [0.25, 0.3) is 0 Å². The molecule has 1 N–H and O–H groups in total. The number of carbonyl (C=O) groups is 1. The van der Waals surface area contributed by atoms with Crippen molar-refractivity contribution >= 4 is 17.7 Å². The summed E-state index contributed by atoms with van der Waals surface area (Å²) in [5.41, 5.74) is 1.97. The van der Waals surface area contributed by atoms with E-state index in [-0.39, 0.29) is 11.2 Å². The van der Waals surface area contributed by atoms with Gasteiger partial charge in [-0.05, 0) is 19.4 Å². The van der Waals surface area contributed by atoms with Crippen LogP contribution in [-0.4, -0.2) is 16.3 Å². The minimum absolute atomic E-state index is 0.0408. The van der Waals surface area contributed by atoms with Gasteiger partial charge in [0.2, 0.25) is 5.91 Å². The maximum atomic E-state index is 12.0. The molecule has 1 heterocycles. The van der Waals surface area contributed by atoms with Gasteiger partial charge in [0.05, 0.1) is 10.9 Å². The third-order valence-corrected chi connectivity index (χ3v) is 4.01. The van der Waals surface area contributed by atoms with E-state index in [1.807, 2.05) is 50.2 Å². The highest BCUT2D eigenvalue weighted by Crippen LogP contribution is 2.17. The first kappa shape index (κ1) is 14.7. The summed E-state index contributed by atoms with van der Waals surface area (Å²) in [7, 11) is 0. The summed E-state index contributed by atoms with van der Waals surface area (Å²) < 4.78 is 5.00. The molecule has 0 saturated heterocycles. The molecule has 1 amide bonds. The lowest BCUT2D eigenvalue weighted by molar-refractivity contribution is -0.120. The van der Waals surface area contributed by atoms with E-state index in [2.05, 4.69) is 10.5 Å². The minimum atomic E-state index is -0.115. The molecule has 1 unspecified atom stereocenters. The zero-order chi connectivity index (χ0) is 14.4. The Bertz CT molecular complexity index is 554. The molecule has 5 heteroatoms. The number of nitrogens with zero attached hydrogens (tertiary/aromatic N) is 1. The van der Waals surface area contributed by atoms with E-state index in [4.69, 9.17) is 4.52 Å². The van der Waals surface area contributed by atoms with Crippen LogP contribution in [0.2, 0.25) is 0 Å². The number of nitrogens with one attached hydrogen (secondary N) is 1. The van der Waals surface area contributed by atoms with Crippen molar-refractivity contribution in [3.05, 3.63) is 53.4 Å². The number of hydrogen-bond donors (Lipinski definition) is 1. The van der Waals surface area contributed by atoms with Gasteiger partial charge in [-0.2, -0.15) is 0 Å². The lowest BCUT2D eigenvalue weighted by Gasteiger charge is -2.11. The van der Waals surface area contributed by atoms with Crippen LogP contribution in [0.4, 0.5) is 0 Å². The van der Waals surface area contributed by atoms with Crippen molar-refractivity contribution in [2.24, 2.45) is 0 Å². The zero-order valence-electron chi connectivity index (χ0n) is 11.6. The summed E-state index contributed by atoms with van der Waals surface area (Å²) in [4.78, 5) is 12.0. The highest BCUT2D eigenvalue weighted by atomic mass is 32.2. The number of thioether (sulfide) groups is 1. The average molecular weight is 290 g/mol. The smallest absolute Gasteiger partial charge is 0.233 e. The second kappa shape index (κ2) is 7.14. The number of aryl methyl sites for hydroxylation is 1. The van der Waals surface area contributed by atoms with Gasteiger partial charge in [-0.1, -0.05) is 35.5 Å². The summed E-state index contributed by atoms with van der Waals surface area (Å²) in [6.07, 6.45) is 0. The van der Waals surface area contributed by atoms with Crippen LogP contribution in [0.1, 0.15) is 23.9 Å². The van der Waals surface area contributed by atoms with E-state index >= 15 is 0 Å². The molecular weight excluding hydrogens is 272 g/mol. The SMILES string of the molecule is Cc1cc(CSC(C)C(=O)NCc2ccccc2)no1. The molecule has 4 nitrogen and oxygen atoms in total. The summed E-state index contributed by atoms with van der Waals surface area (Å²) in [6.45, 7) is 4.32. The van der Waals surface area contributed by atoms with Crippen molar-refractivity contribution in [2.45, 2.75) is 31.4 Å². The molecule has 0 aliphatic rings. The molecular formula is C15H18N2O2S. The predicted octanol–water partition coefficient (Wildman–Crippen LogP) is 2.92. The van der Waals surface area contributed by atoms with Crippen molar-refractivity contribution < 1.29 is 9.32 Å². The number of hydrogen-bond acceptors (Lipinski definition) is 4. The Morgan fingerprint density at radius 1 is 1.40 bits per heavy atom. The van der Waals surface area contributed by atoms with E-state index in [9.17, 15) is 4.79 Å². The van der Waals surface area contributed by atoms with Crippen LogP contribution in [0.15, 0.2) is 40.9 Å². The van der Waals surface area contributed by atoms with E-state index in [1.165, 1.54) is 0 Å². The number of aromatic nitrogens is 1. The highest BCUT2D eigenvalue weighted by molar-refractivity contribution is 7.99. The molecule has 20 heavy (non-hydrogen) atoms. The molecule has 1 atom stereocenters. The second-order valence-corrected chi connectivity index (χ2v) is 5.91. The summed E-state index contributed by atoms with van der Waals surface area (Å²) in [5.74, 6) is 1.51. The average Bonchev–Trinajstić information content (AvgIpc) is 2.89. The van der Waals surface area contributed by atoms with Gasteiger partial charge in [0.25, 0.3) is 0 Å². The summed E-state index contributed by atoms with van der Waals surface area (Å²) >= 11 is 1.55. The molecule has 2 rings (SSSR count). The van der Waals surface area contributed by atoms with Gasteiger partial charge in [-0.15, -0.1) is 11.8 Å². The van der Waals surface area contributed by atoms with Crippen LogP contribution in [0.5, 0.6) is 0 Å². The van der Waals surface area contributed by atoms with E-state index < -0.39 is 0 Å². The van der Waals surface area contributed by atoms with Crippen LogP contribution in [0, 0.1) is 6.92 Å². The summed E-state index contributed by atoms with van der Waals surface area (Å²) in [5, 5.41) is 6.73.